The van der Waals surface area contributed by atoms with E-state index in [9.17, 15) is 0 Å². The molecule has 1 heterocycles. The fraction of sp³-hybridized carbons (Fsp3) is 0.154. The van der Waals surface area contributed by atoms with Crippen molar-refractivity contribution in [2.75, 3.05) is 0 Å². The van der Waals surface area contributed by atoms with E-state index in [-0.39, 0.29) is 0 Å². The summed E-state index contributed by atoms with van der Waals surface area (Å²) in [7, 11) is 0. The van der Waals surface area contributed by atoms with Gasteiger partial charge in [0.05, 0.1) is 0 Å². The van der Waals surface area contributed by atoms with Crippen LogP contribution in [0.4, 0.5) is 0 Å². The summed E-state index contributed by atoms with van der Waals surface area (Å²) in [6, 6.07) is 14.2. The average Bonchev–Trinajstić information content (AvgIpc) is 2.31. The number of pyridine rings is 1. The Morgan fingerprint density at radius 3 is 2.73 bits per heavy atom. The molecule has 0 unspecified atom stereocenters. The summed E-state index contributed by atoms with van der Waals surface area (Å²) >= 11 is 0. The van der Waals surface area contributed by atoms with E-state index in [0.29, 0.717) is 0 Å². The summed E-state index contributed by atoms with van der Waals surface area (Å²) in [5.74, 6) is 1.65. The van der Waals surface area contributed by atoms with Gasteiger partial charge in [0.2, 0.25) is 0 Å². The molecular formula is C13H12NO. The van der Waals surface area contributed by atoms with Gasteiger partial charge >= 0.3 is 0 Å². The van der Waals surface area contributed by atoms with E-state index in [1.54, 1.807) is 6.20 Å². The summed E-state index contributed by atoms with van der Waals surface area (Å²) in [4.78, 5) is 4.21. The number of aromatic nitrogens is 1. The summed E-state index contributed by atoms with van der Waals surface area (Å²) in [5.41, 5.74) is 1.04. The Labute approximate surface area is 89.6 Å². The van der Waals surface area contributed by atoms with Crippen LogP contribution in [-0.4, -0.2) is 4.98 Å². The van der Waals surface area contributed by atoms with Gasteiger partial charge in [-0.2, -0.15) is 0 Å². The lowest BCUT2D eigenvalue weighted by molar-refractivity contribution is 0.481. The third-order valence-corrected chi connectivity index (χ3v) is 2.07. The smallest absolute Gasteiger partial charge is 0.130 e. The van der Waals surface area contributed by atoms with Crippen LogP contribution in [0, 0.1) is 6.07 Å². The molecule has 75 valence electrons. The fourth-order valence-corrected chi connectivity index (χ4v) is 1.29. The molecule has 1 aromatic heterocycles. The van der Waals surface area contributed by atoms with E-state index in [1.165, 1.54) is 0 Å². The van der Waals surface area contributed by atoms with Crippen molar-refractivity contribution < 1.29 is 4.74 Å². The zero-order chi connectivity index (χ0) is 10.5. The first kappa shape index (κ1) is 9.71. The normalized spacial score (nSPS) is 9.93. The van der Waals surface area contributed by atoms with Gasteiger partial charge in [-0.1, -0.05) is 19.1 Å². The summed E-state index contributed by atoms with van der Waals surface area (Å²) in [6.45, 7) is 2.07. The Balaban J connectivity index is 2.17. The Kier molecular flexibility index (Phi) is 2.98. The predicted molar refractivity (Wildman–Crippen MR) is 59.0 cm³/mol. The van der Waals surface area contributed by atoms with Gasteiger partial charge in [0, 0.05) is 18.0 Å². The van der Waals surface area contributed by atoms with Gasteiger partial charge in [0.25, 0.3) is 0 Å². The monoisotopic (exact) mass is 198 g/mol. The highest BCUT2D eigenvalue weighted by Crippen LogP contribution is 2.20. The minimum atomic E-state index is 0.821. The topological polar surface area (TPSA) is 22.1 Å². The number of nitrogens with zero attached hydrogens (tertiary/aromatic N) is 1. The van der Waals surface area contributed by atoms with Crippen molar-refractivity contribution in [2.24, 2.45) is 0 Å². The lowest BCUT2D eigenvalue weighted by Gasteiger charge is -2.05. The minimum Gasteiger partial charge on any atom is -0.457 e. The fourth-order valence-electron chi connectivity index (χ4n) is 1.29. The van der Waals surface area contributed by atoms with Crippen molar-refractivity contribution in [3.8, 4) is 11.5 Å². The van der Waals surface area contributed by atoms with Crippen LogP contribution in [0.3, 0.4) is 0 Å². The summed E-state index contributed by atoms with van der Waals surface area (Å²) in [5, 5.41) is 0. The molecule has 1 radical (unpaired) electrons. The molecule has 0 bridgehead atoms. The maximum atomic E-state index is 5.66. The Morgan fingerprint density at radius 2 is 2.00 bits per heavy atom. The molecule has 0 saturated carbocycles. The molecule has 2 aromatic rings. The molecule has 0 aliphatic carbocycles. The average molecular weight is 198 g/mol. The molecule has 0 amide bonds. The van der Waals surface area contributed by atoms with Crippen LogP contribution in [0.1, 0.15) is 12.6 Å². The third-order valence-electron chi connectivity index (χ3n) is 2.07. The van der Waals surface area contributed by atoms with Crippen LogP contribution in [-0.2, 0) is 6.42 Å². The molecular weight excluding hydrogens is 186 g/mol. The number of benzene rings is 1. The first-order valence-corrected chi connectivity index (χ1v) is 4.97. The molecule has 0 spiro atoms. The van der Waals surface area contributed by atoms with Crippen molar-refractivity contribution in [1.29, 1.82) is 0 Å². The zero-order valence-corrected chi connectivity index (χ0v) is 8.60. The van der Waals surface area contributed by atoms with Crippen LogP contribution in [0.15, 0.2) is 42.6 Å². The largest absolute Gasteiger partial charge is 0.457 e. The lowest BCUT2D eigenvalue weighted by atomic mass is 10.3. The van der Waals surface area contributed by atoms with E-state index < -0.39 is 0 Å². The SMILES string of the molecule is CCc1cc(Oc2cc[c]cc2)ccn1. The van der Waals surface area contributed by atoms with Crippen molar-refractivity contribution in [1.82, 2.24) is 4.98 Å². The van der Waals surface area contributed by atoms with Crippen LogP contribution in [0.2, 0.25) is 0 Å². The highest BCUT2D eigenvalue weighted by molar-refractivity contribution is 5.30. The van der Waals surface area contributed by atoms with E-state index in [0.717, 1.165) is 23.6 Å². The predicted octanol–water partition coefficient (Wildman–Crippen LogP) is 3.24. The van der Waals surface area contributed by atoms with Gasteiger partial charge in [-0.3, -0.25) is 4.98 Å². The molecule has 0 aliphatic rings. The Morgan fingerprint density at radius 1 is 1.20 bits per heavy atom. The molecule has 2 rings (SSSR count). The molecule has 2 nitrogen and oxygen atoms in total. The first-order valence-electron chi connectivity index (χ1n) is 4.97. The first-order chi connectivity index (χ1) is 7.38. The van der Waals surface area contributed by atoms with Crippen LogP contribution in [0.25, 0.3) is 0 Å². The second kappa shape index (κ2) is 4.60. The van der Waals surface area contributed by atoms with Crippen LogP contribution < -0.4 is 4.74 Å². The van der Waals surface area contributed by atoms with Crippen LogP contribution >= 0.6 is 0 Å². The maximum Gasteiger partial charge on any atom is 0.130 e. The number of hydrogen-bond acceptors (Lipinski definition) is 2. The second-order valence-electron chi connectivity index (χ2n) is 3.17. The van der Waals surface area contributed by atoms with Gasteiger partial charge in [0.1, 0.15) is 11.5 Å². The van der Waals surface area contributed by atoms with E-state index in [2.05, 4.69) is 18.0 Å². The standard InChI is InChI=1S/C13H12NO/c1-2-11-10-13(8-9-14-11)15-12-6-4-3-5-7-12/h4-10H,2H2,1H3. The van der Waals surface area contributed by atoms with Crippen molar-refractivity contribution in [3.05, 3.63) is 54.4 Å². The Bertz CT molecular complexity index is 426. The number of ether oxygens (including phenoxy) is 1. The van der Waals surface area contributed by atoms with Gasteiger partial charge in [-0.25, -0.2) is 0 Å². The molecule has 2 heteroatoms. The van der Waals surface area contributed by atoms with E-state index in [1.807, 2.05) is 36.4 Å². The quantitative estimate of drug-likeness (QED) is 0.755. The van der Waals surface area contributed by atoms with Crippen molar-refractivity contribution in [3.63, 3.8) is 0 Å². The van der Waals surface area contributed by atoms with Crippen molar-refractivity contribution in [2.45, 2.75) is 13.3 Å². The molecule has 15 heavy (non-hydrogen) atoms. The van der Waals surface area contributed by atoms with E-state index >= 15 is 0 Å². The lowest BCUT2D eigenvalue weighted by Crippen LogP contribution is -1.88. The maximum absolute atomic E-state index is 5.66. The highest BCUT2D eigenvalue weighted by Gasteiger charge is 1.97. The number of aryl methyl sites for hydroxylation is 1. The van der Waals surface area contributed by atoms with Crippen molar-refractivity contribution >= 4 is 0 Å². The van der Waals surface area contributed by atoms with Gasteiger partial charge in [-0.05, 0) is 30.7 Å². The molecule has 0 aliphatic heterocycles. The minimum absolute atomic E-state index is 0.821. The molecule has 0 saturated heterocycles. The number of hydrogen-bond donors (Lipinski definition) is 0. The molecule has 0 atom stereocenters. The molecule has 0 N–H and O–H groups in total. The third kappa shape index (κ3) is 2.56. The van der Waals surface area contributed by atoms with E-state index in [4.69, 9.17) is 4.74 Å². The van der Waals surface area contributed by atoms with Gasteiger partial charge in [-0.15, -0.1) is 0 Å². The summed E-state index contributed by atoms with van der Waals surface area (Å²) in [6.07, 6.45) is 2.68. The molecule has 1 aromatic carbocycles. The zero-order valence-electron chi connectivity index (χ0n) is 8.60. The van der Waals surface area contributed by atoms with Crippen LogP contribution in [0.5, 0.6) is 11.5 Å². The number of rotatable bonds is 3. The second-order valence-corrected chi connectivity index (χ2v) is 3.17. The highest BCUT2D eigenvalue weighted by atomic mass is 16.5. The van der Waals surface area contributed by atoms with Gasteiger partial charge < -0.3 is 4.74 Å². The molecule has 0 fully saturated rings. The Hall–Kier alpha value is -1.83. The van der Waals surface area contributed by atoms with Gasteiger partial charge in [0.15, 0.2) is 0 Å². The summed E-state index contributed by atoms with van der Waals surface area (Å²) < 4.78 is 5.66.